The van der Waals surface area contributed by atoms with Gasteiger partial charge in [0.1, 0.15) is 0 Å². The molecule has 0 spiro atoms. The van der Waals surface area contributed by atoms with Gasteiger partial charge in [-0.25, -0.2) is 0 Å². The zero-order valence-electron chi connectivity index (χ0n) is 12.5. The quantitative estimate of drug-likeness (QED) is 0.860. The van der Waals surface area contributed by atoms with Crippen molar-refractivity contribution >= 4 is 11.8 Å². The van der Waals surface area contributed by atoms with Gasteiger partial charge in [0.15, 0.2) is 5.82 Å². The Kier molecular flexibility index (Phi) is 3.42. The summed E-state index contributed by atoms with van der Waals surface area (Å²) in [4.78, 5) is 30.2. The first-order valence-electron chi connectivity index (χ1n) is 7.72. The summed E-state index contributed by atoms with van der Waals surface area (Å²) in [6.45, 7) is 1.91. The van der Waals surface area contributed by atoms with E-state index in [9.17, 15) is 9.59 Å². The van der Waals surface area contributed by atoms with Gasteiger partial charge in [-0.15, -0.1) is 0 Å². The number of nitrogens with zero attached hydrogens (tertiary/aromatic N) is 3. The molecule has 7 nitrogen and oxygen atoms in total. The second-order valence-corrected chi connectivity index (χ2v) is 5.82. The number of amides is 2. The smallest absolute Gasteiger partial charge is 0.261 e. The molecule has 1 saturated heterocycles. The van der Waals surface area contributed by atoms with Crippen LogP contribution in [0, 0.1) is 0 Å². The van der Waals surface area contributed by atoms with Crippen molar-refractivity contribution in [1.29, 1.82) is 0 Å². The van der Waals surface area contributed by atoms with Crippen molar-refractivity contribution < 1.29 is 14.1 Å². The third-order valence-electron chi connectivity index (χ3n) is 4.35. The van der Waals surface area contributed by atoms with E-state index in [1.54, 1.807) is 24.3 Å². The summed E-state index contributed by atoms with van der Waals surface area (Å²) in [7, 11) is 0. The Balaban J connectivity index is 1.52. The Morgan fingerprint density at radius 1 is 1.13 bits per heavy atom. The third kappa shape index (κ3) is 2.43. The van der Waals surface area contributed by atoms with Crippen molar-refractivity contribution in [3.8, 4) is 0 Å². The van der Waals surface area contributed by atoms with Gasteiger partial charge in [0, 0.05) is 5.92 Å². The van der Waals surface area contributed by atoms with E-state index in [-0.39, 0.29) is 24.3 Å². The fourth-order valence-corrected chi connectivity index (χ4v) is 3.09. The van der Waals surface area contributed by atoms with Crippen LogP contribution in [0.25, 0.3) is 0 Å². The second-order valence-electron chi connectivity index (χ2n) is 5.82. The Morgan fingerprint density at radius 2 is 1.78 bits per heavy atom. The van der Waals surface area contributed by atoms with E-state index in [0.717, 1.165) is 25.9 Å². The molecule has 1 aromatic heterocycles. The first-order valence-corrected chi connectivity index (χ1v) is 7.72. The van der Waals surface area contributed by atoms with Gasteiger partial charge in [0.25, 0.3) is 11.8 Å². The molecule has 7 heteroatoms. The summed E-state index contributed by atoms with van der Waals surface area (Å²) >= 11 is 0. The van der Waals surface area contributed by atoms with Crippen LogP contribution in [-0.4, -0.2) is 39.9 Å². The Labute approximate surface area is 132 Å². The molecule has 3 heterocycles. The molecule has 0 atom stereocenters. The maximum absolute atomic E-state index is 12.3. The fraction of sp³-hybridized carbons (Fsp3) is 0.375. The molecule has 2 amide bonds. The number of fused-ring (bicyclic) bond motifs is 1. The summed E-state index contributed by atoms with van der Waals surface area (Å²) in [5.74, 6) is 0.600. The van der Waals surface area contributed by atoms with Gasteiger partial charge in [-0.1, -0.05) is 17.3 Å². The maximum atomic E-state index is 12.3. The van der Waals surface area contributed by atoms with E-state index in [4.69, 9.17) is 4.52 Å². The van der Waals surface area contributed by atoms with Gasteiger partial charge in [0.05, 0.1) is 17.7 Å². The van der Waals surface area contributed by atoms with Gasteiger partial charge in [-0.05, 0) is 38.1 Å². The Morgan fingerprint density at radius 3 is 2.43 bits per heavy atom. The SMILES string of the molecule is O=C1c2ccccc2C(=O)N1Cc1noc(C2CCNCC2)n1. The molecule has 0 radical (unpaired) electrons. The van der Waals surface area contributed by atoms with Gasteiger partial charge in [0.2, 0.25) is 5.89 Å². The summed E-state index contributed by atoms with van der Waals surface area (Å²) in [6, 6.07) is 6.81. The highest BCUT2D eigenvalue weighted by Gasteiger charge is 2.36. The van der Waals surface area contributed by atoms with Crippen LogP contribution < -0.4 is 5.32 Å². The van der Waals surface area contributed by atoms with Crippen LogP contribution in [0.2, 0.25) is 0 Å². The lowest BCUT2D eigenvalue weighted by molar-refractivity contribution is 0.0637. The molecule has 23 heavy (non-hydrogen) atoms. The molecule has 1 aromatic carbocycles. The number of carbonyl (C=O) groups excluding carboxylic acids is 2. The zero-order chi connectivity index (χ0) is 15.8. The van der Waals surface area contributed by atoms with Crippen LogP contribution in [0.1, 0.15) is 51.2 Å². The standard InChI is InChI=1S/C16H16N4O3/c21-15-11-3-1-2-4-12(11)16(22)20(15)9-13-18-14(23-19-13)10-5-7-17-8-6-10/h1-4,10,17H,5-9H2. The van der Waals surface area contributed by atoms with Crippen molar-refractivity contribution in [2.75, 3.05) is 13.1 Å². The first-order chi connectivity index (χ1) is 11.2. The minimum atomic E-state index is -0.307. The first kappa shape index (κ1) is 14.1. The number of hydrogen-bond acceptors (Lipinski definition) is 6. The lowest BCUT2D eigenvalue weighted by Crippen LogP contribution is -2.29. The van der Waals surface area contributed by atoms with E-state index in [1.807, 2.05) is 0 Å². The molecule has 0 bridgehead atoms. The average molecular weight is 312 g/mol. The van der Waals surface area contributed by atoms with Gasteiger partial charge in [-0.3, -0.25) is 14.5 Å². The van der Waals surface area contributed by atoms with E-state index in [2.05, 4.69) is 15.5 Å². The van der Waals surface area contributed by atoms with Crippen LogP contribution in [0.3, 0.4) is 0 Å². The van der Waals surface area contributed by atoms with E-state index in [0.29, 0.717) is 22.8 Å². The second kappa shape index (κ2) is 5.58. The van der Waals surface area contributed by atoms with Gasteiger partial charge in [-0.2, -0.15) is 4.98 Å². The number of piperidine rings is 1. The molecule has 4 rings (SSSR count). The topological polar surface area (TPSA) is 88.3 Å². The lowest BCUT2D eigenvalue weighted by atomic mass is 9.98. The number of nitrogens with one attached hydrogen (secondary N) is 1. The van der Waals surface area contributed by atoms with Crippen molar-refractivity contribution in [3.63, 3.8) is 0 Å². The number of rotatable bonds is 3. The summed E-state index contributed by atoms with van der Waals surface area (Å²) in [5.41, 5.74) is 0.860. The van der Waals surface area contributed by atoms with Crippen LogP contribution in [0.5, 0.6) is 0 Å². The predicted molar refractivity (Wildman–Crippen MR) is 79.8 cm³/mol. The summed E-state index contributed by atoms with van der Waals surface area (Å²) in [6.07, 6.45) is 1.91. The van der Waals surface area contributed by atoms with E-state index in [1.165, 1.54) is 4.90 Å². The van der Waals surface area contributed by atoms with Crippen molar-refractivity contribution in [3.05, 3.63) is 47.1 Å². The number of imide groups is 1. The molecule has 2 aliphatic heterocycles. The molecule has 1 N–H and O–H groups in total. The monoisotopic (exact) mass is 312 g/mol. The highest BCUT2D eigenvalue weighted by molar-refractivity contribution is 6.21. The normalized spacial score (nSPS) is 18.5. The molecule has 0 unspecified atom stereocenters. The van der Waals surface area contributed by atoms with Crippen molar-refractivity contribution in [2.45, 2.75) is 25.3 Å². The number of carbonyl (C=O) groups is 2. The minimum Gasteiger partial charge on any atom is -0.339 e. The zero-order valence-corrected chi connectivity index (χ0v) is 12.5. The number of hydrogen-bond donors (Lipinski definition) is 1. The van der Waals surface area contributed by atoms with Gasteiger partial charge < -0.3 is 9.84 Å². The molecule has 1 fully saturated rings. The van der Waals surface area contributed by atoms with Crippen LogP contribution in [-0.2, 0) is 6.54 Å². The Bertz CT molecular complexity index is 729. The summed E-state index contributed by atoms with van der Waals surface area (Å²) in [5, 5.41) is 7.22. The van der Waals surface area contributed by atoms with Gasteiger partial charge >= 0.3 is 0 Å². The van der Waals surface area contributed by atoms with E-state index >= 15 is 0 Å². The predicted octanol–water partition coefficient (Wildman–Crippen LogP) is 1.33. The molecule has 2 aliphatic rings. The summed E-state index contributed by atoms with van der Waals surface area (Å²) < 4.78 is 5.32. The molecule has 0 aliphatic carbocycles. The number of benzene rings is 1. The highest BCUT2D eigenvalue weighted by atomic mass is 16.5. The molecule has 118 valence electrons. The molecular weight excluding hydrogens is 296 g/mol. The van der Waals surface area contributed by atoms with Crippen LogP contribution >= 0.6 is 0 Å². The lowest BCUT2D eigenvalue weighted by Gasteiger charge is -2.18. The largest absolute Gasteiger partial charge is 0.339 e. The van der Waals surface area contributed by atoms with E-state index < -0.39 is 0 Å². The number of aromatic nitrogens is 2. The highest BCUT2D eigenvalue weighted by Crippen LogP contribution is 2.26. The van der Waals surface area contributed by atoms with Crippen LogP contribution in [0.4, 0.5) is 0 Å². The molecular formula is C16H16N4O3. The third-order valence-corrected chi connectivity index (χ3v) is 4.35. The fourth-order valence-electron chi connectivity index (χ4n) is 3.09. The maximum Gasteiger partial charge on any atom is 0.261 e. The minimum absolute atomic E-state index is 0.0425. The van der Waals surface area contributed by atoms with Crippen molar-refractivity contribution in [1.82, 2.24) is 20.4 Å². The molecule has 0 saturated carbocycles. The van der Waals surface area contributed by atoms with Crippen LogP contribution in [0.15, 0.2) is 28.8 Å². The molecule has 2 aromatic rings. The van der Waals surface area contributed by atoms with Crippen molar-refractivity contribution in [2.24, 2.45) is 0 Å². The average Bonchev–Trinajstić information content (AvgIpc) is 3.16. The Hall–Kier alpha value is -2.54.